The molecule has 2 heterocycles. The summed E-state index contributed by atoms with van der Waals surface area (Å²) >= 11 is 0. The minimum absolute atomic E-state index is 0.00278. The molecule has 1 aliphatic heterocycles. The molecule has 1 aliphatic rings. The Labute approximate surface area is 116 Å². The highest BCUT2D eigenvalue weighted by molar-refractivity contribution is 8.09. The van der Waals surface area contributed by atoms with Crippen molar-refractivity contribution in [1.29, 1.82) is 0 Å². The van der Waals surface area contributed by atoms with Crippen LogP contribution in [-0.2, 0) is 14.6 Å². The average Bonchev–Trinajstić information content (AvgIpc) is 2.95. The van der Waals surface area contributed by atoms with Gasteiger partial charge >= 0.3 is 0 Å². The second-order valence-corrected chi connectivity index (χ2v) is 6.15. The monoisotopic (exact) mass is 286 g/mol. The van der Waals surface area contributed by atoms with E-state index in [-0.39, 0.29) is 21.4 Å². The summed E-state index contributed by atoms with van der Waals surface area (Å²) in [5.74, 6) is -0.204. The van der Waals surface area contributed by atoms with Crippen LogP contribution in [0.4, 0.5) is 0 Å². The normalized spacial score (nSPS) is 17.5. The molecule has 0 saturated carbocycles. The van der Waals surface area contributed by atoms with Crippen molar-refractivity contribution in [2.45, 2.75) is 0 Å². The Morgan fingerprint density at radius 3 is 2.20 bits per heavy atom. The van der Waals surface area contributed by atoms with Crippen LogP contribution in [0.15, 0.2) is 65.3 Å². The third kappa shape index (κ3) is 2.02. The number of sulfone groups is 1. The van der Waals surface area contributed by atoms with E-state index in [4.69, 9.17) is 4.42 Å². The molecule has 0 radical (unpaired) electrons. The van der Waals surface area contributed by atoms with E-state index in [0.717, 1.165) is 12.2 Å². The highest BCUT2D eigenvalue weighted by Gasteiger charge is 2.32. The van der Waals surface area contributed by atoms with Gasteiger partial charge in [-0.15, -0.1) is 0 Å². The number of hydrogen-bond acceptors (Lipinski definition) is 4. The predicted molar refractivity (Wildman–Crippen MR) is 75.0 cm³/mol. The molecule has 0 fully saturated rings. The molecule has 1 aromatic heterocycles. The highest BCUT2D eigenvalue weighted by Crippen LogP contribution is 2.35. The van der Waals surface area contributed by atoms with Gasteiger partial charge in [-0.05, 0) is 17.7 Å². The molecule has 0 atom stereocenters. The van der Waals surface area contributed by atoms with Crippen molar-refractivity contribution in [3.63, 3.8) is 0 Å². The summed E-state index contributed by atoms with van der Waals surface area (Å²) in [6.45, 7) is 0. The summed E-state index contributed by atoms with van der Waals surface area (Å²) < 4.78 is 30.3. The van der Waals surface area contributed by atoms with Gasteiger partial charge in [0, 0.05) is 12.2 Å². The van der Waals surface area contributed by atoms with Gasteiger partial charge in [-0.25, -0.2) is 8.42 Å². The van der Waals surface area contributed by atoms with Gasteiger partial charge in [0.05, 0.1) is 11.2 Å². The lowest BCUT2D eigenvalue weighted by atomic mass is 10.2. The number of benzene rings is 1. The quantitative estimate of drug-likeness (QED) is 0.851. The summed E-state index contributed by atoms with van der Waals surface area (Å²) in [7, 11) is -3.77. The maximum atomic E-state index is 12.6. The fraction of sp³-hybridized carbons (Fsp3) is 0. The molecule has 0 amide bonds. The maximum absolute atomic E-state index is 12.6. The van der Waals surface area contributed by atoms with Crippen LogP contribution in [0.25, 0.3) is 9.81 Å². The van der Waals surface area contributed by atoms with Gasteiger partial charge in [0.1, 0.15) is 10.7 Å². The van der Waals surface area contributed by atoms with Gasteiger partial charge in [-0.1, -0.05) is 30.3 Å². The summed E-state index contributed by atoms with van der Waals surface area (Å²) in [4.78, 5) is 11.7. The first-order valence-corrected chi connectivity index (χ1v) is 7.39. The maximum Gasteiger partial charge on any atom is 0.211 e. The number of allylic oxidation sites excluding steroid dienone is 2. The lowest BCUT2D eigenvalue weighted by Crippen LogP contribution is -2.13. The first kappa shape index (κ1) is 12.6. The minimum Gasteiger partial charge on any atom is -0.464 e. The molecular formula is C15H10O4S. The molecular weight excluding hydrogens is 276 g/mol. The van der Waals surface area contributed by atoms with E-state index >= 15 is 0 Å². The smallest absolute Gasteiger partial charge is 0.211 e. The first-order chi connectivity index (χ1) is 9.59. The van der Waals surface area contributed by atoms with Crippen molar-refractivity contribution in [3.05, 3.63) is 72.2 Å². The van der Waals surface area contributed by atoms with E-state index in [1.165, 1.54) is 12.3 Å². The van der Waals surface area contributed by atoms with E-state index in [9.17, 15) is 13.2 Å². The van der Waals surface area contributed by atoms with Gasteiger partial charge in [-0.2, -0.15) is 0 Å². The molecule has 0 aliphatic carbocycles. The van der Waals surface area contributed by atoms with Crippen molar-refractivity contribution in [1.82, 2.24) is 0 Å². The van der Waals surface area contributed by atoms with Crippen LogP contribution >= 0.6 is 0 Å². The fourth-order valence-electron chi connectivity index (χ4n) is 2.04. The van der Waals surface area contributed by atoms with Crippen LogP contribution in [-0.4, -0.2) is 14.2 Å². The highest BCUT2D eigenvalue weighted by atomic mass is 32.2. The Hall–Kier alpha value is -2.40. The second kappa shape index (κ2) is 4.61. The molecule has 0 unspecified atom stereocenters. The van der Waals surface area contributed by atoms with E-state index in [1.807, 2.05) is 0 Å². The minimum atomic E-state index is -3.77. The van der Waals surface area contributed by atoms with E-state index in [1.54, 1.807) is 36.4 Å². The third-order valence-corrected chi connectivity index (χ3v) is 4.78. The van der Waals surface area contributed by atoms with Gasteiger partial charge in [0.2, 0.25) is 9.84 Å². The molecule has 0 N–H and O–H groups in total. The van der Waals surface area contributed by atoms with Crippen molar-refractivity contribution >= 4 is 25.4 Å². The van der Waals surface area contributed by atoms with Gasteiger partial charge in [0.25, 0.3) is 0 Å². The lowest BCUT2D eigenvalue weighted by molar-refractivity contribution is -0.110. The molecule has 0 spiro atoms. The zero-order valence-electron chi connectivity index (χ0n) is 10.3. The van der Waals surface area contributed by atoms with Crippen LogP contribution in [0.1, 0.15) is 11.3 Å². The topological polar surface area (TPSA) is 64.3 Å². The summed E-state index contributed by atoms with van der Waals surface area (Å²) in [6.07, 6.45) is 3.59. The molecule has 1 aromatic carbocycles. The lowest BCUT2D eigenvalue weighted by Gasteiger charge is -2.14. The summed E-state index contributed by atoms with van der Waals surface area (Å²) in [5.41, 5.74) is 0.484. The largest absolute Gasteiger partial charge is 0.464 e. The van der Waals surface area contributed by atoms with Crippen molar-refractivity contribution in [2.24, 2.45) is 0 Å². The fourth-order valence-corrected chi connectivity index (χ4v) is 3.64. The van der Waals surface area contributed by atoms with Crippen molar-refractivity contribution < 1.29 is 17.6 Å². The molecule has 4 nitrogen and oxygen atoms in total. The third-order valence-electron chi connectivity index (χ3n) is 2.95. The molecule has 5 heteroatoms. The van der Waals surface area contributed by atoms with Crippen LogP contribution in [0.2, 0.25) is 0 Å². The number of carbonyl (C=O) groups excluding carboxylic acids is 1. The van der Waals surface area contributed by atoms with Crippen molar-refractivity contribution in [2.75, 3.05) is 0 Å². The van der Waals surface area contributed by atoms with Crippen LogP contribution in [0, 0.1) is 0 Å². The van der Waals surface area contributed by atoms with Crippen molar-refractivity contribution in [3.8, 4) is 0 Å². The van der Waals surface area contributed by atoms with Gasteiger partial charge in [-0.3, -0.25) is 4.79 Å². The number of ketones is 1. The molecule has 2 aromatic rings. The van der Waals surface area contributed by atoms with E-state index in [2.05, 4.69) is 0 Å². The molecule has 100 valence electrons. The molecule has 0 saturated heterocycles. The van der Waals surface area contributed by atoms with Crippen LogP contribution in [0.3, 0.4) is 0 Å². The number of furan rings is 1. The standard InChI is InChI=1S/C15H10O4S/c16-12-9-14(11-5-2-1-3-6-11)20(17,18)15(10-12)13-7-4-8-19-13/h1-10H. The van der Waals surface area contributed by atoms with Gasteiger partial charge < -0.3 is 4.42 Å². The zero-order valence-corrected chi connectivity index (χ0v) is 11.1. The first-order valence-electron chi connectivity index (χ1n) is 5.91. The second-order valence-electron chi connectivity index (χ2n) is 4.27. The average molecular weight is 286 g/mol. The Morgan fingerprint density at radius 2 is 1.55 bits per heavy atom. The number of rotatable bonds is 2. The van der Waals surface area contributed by atoms with Gasteiger partial charge in [0.15, 0.2) is 5.78 Å². The Morgan fingerprint density at radius 1 is 0.850 bits per heavy atom. The Bertz CT molecular complexity index is 810. The summed E-state index contributed by atoms with van der Waals surface area (Å²) in [5, 5.41) is 0. The van der Waals surface area contributed by atoms with E-state index in [0.29, 0.717) is 5.56 Å². The molecule has 0 bridgehead atoms. The SMILES string of the molecule is O=C1C=C(c2ccccc2)S(=O)(=O)C(c2ccco2)=C1. The number of hydrogen-bond donors (Lipinski definition) is 0. The van der Waals surface area contributed by atoms with Crippen LogP contribution in [0.5, 0.6) is 0 Å². The summed E-state index contributed by atoms with van der Waals surface area (Å²) in [6, 6.07) is 11.6. The Kier molecular flexibility index (Phi) is 2.91. The molecule has 3 rings (SSSR count). The molecule has 20 heavy (non-hydrogen) atoms. The van der Waals surface area contributed by atoms with Crippen LogP contribution < -0.4 is 0 Å². The predicted octanol–water partition coefficient (Wildman–Crippen LogP) is 2.66. The Balaban J connectivity index is 2.18. The number of carbonyl (C=O) groups is 1. The zero-order chi connectivity index (χ0) is 14.2. The van der Waals surface area contributed by atoms with E-state index < -0.39 is 9.84 Å².